The average Bonchev–Trinajstić information content (AvgIpc) is 2.40. The van der Waals surface area contributed by atoms with Gasteiger partial charge >= 0.3 is 0 Å². The third-order valence-electron chi connectivity index (χ3n) is 2.74. The van der Waals surface area contributed by atoms with Crippen molar-refractivity contribution in [3.05, 3.63) is 23.8 Å². The Morgan fingerprint density at radius 1 is 1.47 bits per heavy atom. The molecule has 0 aliphatic heterocycles. The van der Waals surface area contributed by atoms with E-state index in [2.05, 4.69) is 5.32 Å². The fraction of sp³-hybridized carbons (Fsp3) is 0.500. The molecule has 1 aromatic rings. The van der Waals surface area contributed by atoms with Crippen LogP contribution in [0.5, 0.6) is 5.75 Å². The van der Waals surface area contributed by atoms with Gasteiger partial charge in [0.1, 0.15) is 5.75 Å². The average molecular weight is 266 g/mol. The van der Waals surface area contributed by atoms with Crippen molar-refractivity contribution < 1.29 is 14.3 Å². The second-order valence-electron chi connectivity index (χ2n) is 4.22. The van der Waals surface area contributed by atoms with E-state index in [9.17, 15) is 4.79 Å². The zero-order chi connectivity index (χ0) is 14.3. The van der Waals surface area contributed by atoms with Gasteiger partial charge in [-0.3, -0.25) is 4.79 Å². The minimum atomic E-state index is -0.271. The molecule has 5 nitrogen and oxygen atoms in total. The molecule has 0 saturated heterocycles. The molecule has 1 rings (SSSR count). The van der Waals surface area contributed by atoms with Crippen LogP contribution >= 0.6 is 0 Å². The molecular formula is C14H22N2O3. The molecule has 0 amide bonds. The van der Waals surface area contributed by atoms with Crippen LogP contribution in [0.25, 0.3) is 0 Å². The monoisotopic (exact) mass is 266 g/mol. The predicted molar refractivity (Wildman–Crippen MR) is 75.7 cm³/mol. The van der Waals surface area contributed by atoms with Gasteiger partial charge < -0.3 is 20.5 Å². The molecule has 3 N–H and O–H groups in total. The van der Waals surface area contributed by atoms with Crippen molar-refractivity contribution in [2.24, 2.45) is 0 Å². The highest BCUT2D eigenvalue weighted by Crippen LogP contribution is 2.23. The summed E-state index contributed by atoms with van der Waals surface area (Å²) in [6.07, 6.45) is 0. The number of nitrogens with one attached hydrogen (secondary N) is 1. The lowest BCUT2D eigenvalue weighted by molar-refractivity contribution is 0.0945. The van der Waals surface area contributed by atoms with E-state index in [1.54, 1.807) is 25.3 Å². The zero-order valence-corrected chi connectivity index (χ0v) is 11.7. The van der Waals surface area contributed by atoms with Gasteiger partial charge in [0.15, 0.2) is 5.78 Å². The van der Waals surface area contributed by atoms with E-state index >= 15 is 0 Å². The Morgan fingerprint density at radius 3 is 2.79 bits per heavy atom. The fourth-order valence-electron chi connectivity index (χ4n) is 1.71. The molecule has 0 spiro atoms. The topological polar surface area (TPSA) is 73.6 Å². The number of nitrogens with two attached hydrogens (primary N) is 1. The highest BCUT2D eigenvalue weighted by Gasteiger charge is 2.15. The summed E-state index contributed by atoms with van der Waals surface area (Å²) in [5.74, 6) is 0.616. The Balaban J connectivity index is 2.68. The molecule has 1 atom stereocenters. The number of carbonyl (C=O) groups is 1. The number of rotatable bonds is 8. The maximum atomic E-state index is 12.2. The molecule has 0 aromatic heterocycles. The van der Waals surface area contributed by atoms with Crippen LogP contribution in [-0.4, -0.2) is 38.7 Å². The first kappa shape index (κ1) is 15.5. The fourth-order valence-corrected chi connectivity index (χ4v) is 1.71. The van der Waals surface area contributed by atoms with Gasteiger partial charge in [-0.25, -0.2) is 0 Å². The van der Waals surface area contributed by atoms with E-state index in [0.29, 0.717) is 36.8 Å². The Labute approximate surface area is 114 Å². The van der Waals surface area contributed by atoms with E-state index in [0.717, 1.165) is 0 Å². The van der Waals surface area contributed by atoms with E-state index in [-0.39, 0.29) is 11.8 Å². The summed E-state index contributed by atoms with van der Waals surface area (Å²) in [4.78, 5) is 12.2. The highest BCUT2D eigenvalue weighted by atomic mass is 16.5. The number of ether oxygens (including phenoxy) is 2. The second-order valence-corrected chi connectivity index (χ2v) is 4.22. The third-order valence-corrected chi connectivity index (χ3v) is 2.74. The Morgan fingerprint density at radius 2 is 2.21 bits per heavy atom. The van der Waals surface area contributed by atoms with Crippen LogP contribution in [0.1, 0.15) is 24.2 Å². The molecule has 19 heavy (non-hydrogen) atoms. The highest BCUT2D eigenvalue weighted by molar-refractivity contribution is 6.00. The zero-order valence-electron chi connectivity index (χ0n) is 11.7. The number of benzene rings is 1. The summed E-state index contributed by atoms with van der Waals surface area (Å²) < 4.78 is 10.3. The molecule has 5 heteroatoms. The number of hydrogen-bond acceptors (Lipinski definition) is 5. The largest absolute Gasteiger partial charge is 0.492 e. The number of hydrogen-bond donors (Lipinski definition) is 2. The molecule has 0 aliphatic carbocycles. The first-order valence-electron chi connectivity index (χ1n) is 6.39. The summed E-state index contributed by atoms with van der Waals surface area (Å²) in [6, 6.07) is 4.85. The van der Waals surface area contributed by atoms with Crippen molar-refractivity contribution in [2.75, 3.05) is 32.6 Å². The van der Waals surface area contributed by atoms with Crippen molar-refractivity contribution in [1.29, 1.82) is 0 Å². The SMILES string of the molecule is CCOc1ccc(C(=O)C(C)NCCOC)cc1N. The molecule has 1 unspecified atom stereocenters. The lowest BCUT2D eigenvalue weighted by Crippen LogP contribution is -2.36. The quantitative estimate of drug-likeness (QED) is 0.423. The molecule has 0 bridgehead atoms. The Kier molecular flexibility index (Phi) is 6.32. The molecule has 0 fully saturated rings. The number of ketones is 1. The van der Waals surface area contributed by atoms with E-state index in [1.807, 2.05) is 13.8 Å². The molecule has 1 aromatic carbocycles. The standard InChI is InChI=1S/C14H22N2O3/c1-4-19-13-6-5-11(9-12(13)15)14(17)10(2)16-7-8-18-3/h5-6,9-10,16H,4,7-8,15H2,1-3H3. The normalized spacial score (nSPS) is 12.2. The molecule has 0 heterocycles. The van der Waals surface area contributed by atoms with Crippen LogP contribution in [0.2, 0.25) is 0 Å². The molecule has 0 aliphatic rings. The second kappa shape index (κ2) is 7.76. The van der Waals surface area contributed by atoms with Crippen molar-refractivity contribution in [3.63, 3.8) is 0 Å². The van der Waals surface area contributed by atoms with Crippen LogP contribution in [0, 0.1) is 0 Å². The van der Waals surface area contributed by atoms with Gasteiger partial charge in [-0.15, -0.1) is 0 Å². The van der Waals surface area contributed by atoms with Gasteiger partial charge in [0, 0.05) is 19.2 Å². The number of carbonyl (C=O) groups excluding carboxylic acids is 1. The summed E-state index contributed by atoms with van der Waals surface area (Å²) >= 11 is 0. The predicted octanol–water partition coefficient (Wildman–Crippen LogP) is 1.47. The van der Waals surface area contributed by atoms with Crippen LogP contribution in [0.3, 0.4) is 0 Å². The van der Waals surface area contributed by atoms with E-state index in [1.165, 1.54) is 0 Å². The maximum absolute atomic E-state index is 12.2. The van der Waals surface area contributed by atoms with Gasteiger partial charge in [-0.2, -0.15) is 0 Å². The van der Waals surface area contributed by atoms with Crippen LogP contribution < -0.4 is 15.8 Å². The van der Waals surface area contributed by atoms with E-state index < -0.39 is 0 Å². The van der Waals surface area contributed by atoms with Gasteiger partial charge in [-0.1, -0.05) is 0 Å². The van der Waals surface area contributed by atoms with Gasteiger partial charge in [-0.05, 0) is 32.0 Å². The number of nitrogen functional groups attached to an aromatic ring is 1. The summed E-state index contributed by atoms with van der Waals surface area (Å²) in [5.41, 5.74) is 6.91. The Bertz CT molecular complexity index is 421. The first-order chi connectivity index (χ1) is 9.10. The van der Waals surface area contributed by atoms with Crippen LogP contribution in [0.15, 0.2) is 18.2 Å². The first-order valence-corrected chi connectivity index (χ1v) is 6.39. The number of Topliss-reactive ketones (excluding diaryl/α,β-unsaturated/α-hetero) is 1. The van der Waals surface area contributed by atoms with Gasteiger partial charge in [0.2, 0.25) is 0 Å². The van der Waals surface area contributed by atoms with Crippen LogP contribution in [0.4, 0.5) is 5.69 Å². The van der Waals surface area contributed by atoms with Crippen molar-refractivity contribution in [3.8, 4) is 5.75 Å². The van der Waals surface area contributed by atoms with E-state index in [4.69, 9.17) is 15.2 Å². The van der Waals surface area contributed by atoms with Crippen LogP contribution in [-0.2, 0) is 4.74 Å². The van der Waals surface area contributed by atoms with Crippen molar-refractivity contribution in [1.82, 2.24) is 5.32 Å². The molecule has 106 valence electrons. The lowest BCUT2D eigenvalue weighted by atomic mass is 10.0. The third kappa shape index (κ3) is 4.54. The summed E-state index contributed by atoms with van der Waals surface area (Å²) in [7, 11) is 1.63. The summed E-state index contributed by atoms with van der Waals surface area (Å²) in [5, 5.41) is 3.09. The van der Waals surface area contributed by atoms with Crippen molar-refractivity contribution in [2.45, 2.75) is 19.9 Å². The minimum Gasteiger partial charge on any atom is -0.492 e. The lowest BCUT2D eigenvalue weighted by Gasteiger charge is -2.14. The number of methoxy groups -OCH3 is 1. The maximum Gasteiger partial charge on any atom is 0.179 e. The summed E-state index contributed by atoms with van der Waals surface area (Å²) in [6.45, 7) is 5.47. The Hall–Kier alpha value is -1.59. The number of anilines is 1. The smallest absolute Gasteiger partial charge is 0.179 e. The van der Waals surface area contributed by atoms with Gasteiger partial charge in [0.05, 0.1) is 24.9 Å². The van der Waals surface area contributed by atoms with Crippen molar-refractivity contribution >= 4 is 11.5 Å². The minimum absolute atomic E-state index is 0.00542. The van der Waals surface area contributed by atoms with Gasteiger partial charge in [0.25, 0.3) is 0 Å². The molecule has 0 saturated carbocycles. The molecular weight excluding hydrogens is 244 g/mol. The molecule has 0 radical (unpaired) electrons.